The van der Waals surface area contributed by atoms with Gasteiger partial charge in [-0.05, 0) is 45.6 Å². The van der Waals surface area contributed by atoms with Crippen LogP contribution in [0, 0.1) is 0 Å². The number of nitrogens with one attached hydrogen (secondary N) is 1. The summed E-state index contributed by atoms with van der Waals surface area (Å²) in [6.07, 6.45) is 1.81. The standard InChI is InChI=1S/C16H23NO3/c1-15(2,3)20-14(18)17-13-10-7-11-16(13,19)12-8-5-4-6-9-12/h4-6,8-9,13,19H,7,10-11H2,1-3H3,(H,17,18)/t13-,16?/m0/s1. The first-order valence-corrected chi connectivity index (χ1v) is 7.09. The van der Waals surface area contributed by atoms with Gasteiger partial charge in [0, 0.05) is 0 Å². The summed E-state index contributed by atoms with van der Waals surface area (Å²) in [7, 11) is 0. The Morgan fingerprint density at radius 2 is 2.00 bits per heavy atom. The lowest BCUT2D eigenvalue weighted by molar-refractivity contribution is 0.00440. The van der Waals surface area contributed by atoms with E-state index in [1.807, 2.05) is 51.1 Å². The van der Waals surface area contributed by atoms with Crippen molar-refractivity contribution in [1.29, 1.82) is 0 Å². The predicted octanol–water partition coefficient (Wildman–Crippen LogP) is 2.95. The van der Waals surface area contributed by atoms with Gasteiger partial charge in [-0.15, -0.1) is 0 Å². The van der Waals surface area contributed by atoms with E-state index < -0.39 is 17.3 Å². The van der Waals surface area contributed by atoms with E-state index in [-0.39, 0.29) is 6.04 Å². The number of carbonyl (C=O) groups is 1. The highest BCUT2D eigenvalue weighted by Crippen LogP contribution is 2.38. The number of hydrogen-bond acceptors (Lipinski definition) is 3. The van der Waals surface area contributed by atoms with Gasteiger partial charge >= 0.3 is 6.09 Å². The molecule has 0 aliphatic heterocycles. The molecule has 1 saturated carbocycles. The number of carbonyl (C=O) groups excluding carboxylic acids is 1. The molecule has 1 fully saturated rings. The molecule has 1 unspecified atom stereocenters. The molecule has 0 radical (unpaired) electrons. The van der Waals surface area contributed by atoms with Crippen LogP contribution >= 0.6 is 0 Å². The number of ether oxygens (including phenoxy) is 1. The summed E-state index contributed by atoms with van der Waals surface area (Å²) in [5.74, 6) is 0. The number of alkyl carbamates (subject to hydrolysis) is 1. The second-order valence-corrected chi connectivity index (χ2v) is 6.38. The average Bonchev–Trinajstić information content (AvgIpc) is 2.71. The maximum Gasteiger partial charge on any atom is 0.407 e. The van der Waals surface area contributed by atoms with Crippen LogP contribution in [-0.4, -0.2) is 22.8 Å². The van der Waals surface area contributed by atoms with Crippen LogP contribution < -0.4 is 5.32 Å². The van der Waals surface area contributed by atoms with Crippen LogP contribution in [-0.2, 0) is 10.3 Å². The molecule has 2 rings (SSSR count). The van der Waals surface area contributed by atoms with Gasteiger partial charge < -0.3 is 15.2 Å². The van der Waals surface area contributed by atoms with Gasteiger partial charge in [0.05, 0.1) is 6.04 Å². The third-order valence-electron chi connectivity index (χ3n) is 3.59. The second kappa shape index (κ2) is 5.44. The fourth-order valence-corrected chi connectivity index (χ4v) is 2.70. The van der Waals surface area contributed by atoms with E-state index in [1.165, 1.54) is 0 Å². The summed E-state index contributed by atoms with van der Waals surface area (Å²) in [5, 5.41) is 13.7. The first kappa shape index (κ1) is 14.9. The summed E-state index contributed by atoms with van der Waals surface area (Å²) < 4.78 is 5.27. The summed E-state index contributed by atoms with van der Waals surface area (Å²) in [5.41, 5.74) is -0.690. The third-order valence-corrected chi connectivity index (χ3v) is 3.59. The van der Waals surface area contributed by atoms with E-state index in [0.717, 1.165) is 18.4 Å². The number of benzene rings is 1. The Morgan fingerprint density at radius 1 is 1.35 bits per heavy atom. The summed E-state index contributed by atoms with van der Waals surface area (Å²) in [6, 6.07) is 9.20. The molecule has 1 aromatic carbocycles. The summed E-state index contributed by atoms with van der Waals surface area (Å²) in [4.78, 5) is 11.9. The zero-order valence-electron chi connectivity index (χ0n) is 12.3. The molecule has 4 nitrogen and oxygen atoms in total. The highest BCUT2D eigenvalue weighted by atomic mass is 16.6. The van der Waals surface area contributed by atoms with Gasteiger partial charge in [-0.25, -0.2) is 4.79 Å². The fraction of sp³-hybridized carbons (Fsp3) is 0.562. The molecule has 0 bridgehead atoms. The van der Waals surface area contributed by atoms with Gasteiger partial charge in [-0.3, -0.25) is 0 Å². The molecule has 1 aromatic rings. The Hall–Kier alpha value is -1.55. The topological polar surface area (TPSA) is 58.6 Å². The lowest BCUT2D eigenvalue weighted by Crippen LogP contribution is -2.48. The zero-order chi connectivity index (χ0) is 14.8. The Balaban J connectivity index is 2.10. The van der Waals surface area contributed by atoms with Crippen LogP contribution in [0.3, 0.4) is 0 Å². The Morgan fingerprint density at radius 3 is 2.60 bits per heavy atom. The number of aliphatic hydroxyl groups is 1. The maximum atomic E-state index is 11.9. The van der Waals surface area contributed by atoms with Crippen molar-refractivity contribution < 1.29 is 14.6 Å². The molecule has 20 heavy (non-hydrogen) atoms. The molecule has 2 atom stereocenters. The van der Waals surface area contributed by atoms with Crippen LogP contribution in [0.25, 0.3) is 0 Å². The molecule has 1 aliphatic carbocycles. The molecule has 0 spiro atoms. The van der Waals surface area contributed by atoms with Crippen molar-refractivity contribution in [2.45, 2.75) is 57.3 Å². The van der Waals surface area contributed by atoms with Gasteiger partial charge in [0.25, 0.3) is 0 Å². The fourth-order valence-electron chi connectivity index (χ4n) is 2.70. The van der Waals surface area contributed by atoms with E-state index in [0.29, 0.717) is 6.42 Å². The van der Waals surface area contributed by atoms with Crippen LogP contribution in [0.4, 0.5) is 4.79 Å². The van der Waals surface area contributed by atoms with Gasteiger partial charge in [0.2, 0.25) is 0 Å². The zero-order valence-corrected chi connectivity index (χ0v) is 12.3. The first-order chi connectivity index (χ1) is 9.31. The van der Waals surface area contributed by atoms with E-state index in [9.17, 15) is 9.90 Å². The van der Waals surface area contributed by atoms with E-state index >= 15 is 0 Å². The number of hydrogen-bond donors (Lipinski definition) is 2. The van der Waals surface area contributed by atoms with Crippen LogP contribution in [0.5, 0.6) is 0 Å². The van der Waals surface area contributed by atoms with Crippen molar-refractivity contribution >= 4 is 6.09 Å². The van der Waals surface area contributed by atoms with Crippen molar-refractivity contribution in [2.24, 2.45) is 0 Å². The molecular weight excluding hydrogens is 254 g/mol. The van der Waals surface area contributed by atoms with Crippen molar-refractivity contribution in [3.05, 3.63) is 35.9 Å². The minimum atomic E-state index is -1.00. The molecule has 4 heteroatoms. The lowest BCUT2D eigenvalue weighted by Gasteiger charge is -2.32. The highest BCUT2D eigenvalue weighted by molar-refractivity contribution is 5.68. The maximum absolute atomic E-state index is 11.9. The van der Waals surface area contributed by atoms with E-state index in [1.54, 1.807) is 0 Å². The van der Waals surface area contributed by atoms with Gasteiger partial charge in [0.15, 0.2) is 0 Å². The Kier molecular flexibility index (Phi) is 4.04. The number of rotatable bonds is 2. The van der Waals surface area contributed by atoms with E-state index in [4.69, 9.17) is 4.74 Å². The monoisotopic (exact) mass is 277 g/mol. The van der Waals surface area contributed by atoms with Gasteiger partial charge in [-0.1, -0.05) is 30.3 Å². The molecule has 0 saturated heterocycles. The predicted molar refractivity (Wildman–Crippen MR) is 77.3 cm³/mol. The van der Waals surface area contributed by atoms with Crippen molar-refractivity contribution in [2.75, 3.05) is 0 Å². The Bertz CT molecular complexity index is 466. The van der Waals surface area contributed by atoms with Crippen molar-refractivity contribution in [1.82, 2.24) is 5.32 Å². The number of amides is 1. The highest BCUT2D eigenvalue weighted by Gasteiger charge is 2.43. The lowest BCUT2D eigenvalue weighted by atomic mass is 9.89. The normalized spacial score (nSPS) is 26.3. The SMILES string of the molecule is CC(C)(C)OC(=O)N[C@H]1CCCC1(O)c1ccccc1. The van der Waals surface area contributed by atoms with Gasteiger partial charge in [-0.2, -0.15) is 0 Å². The summed E-state index contributed by atoms with van der Waals surface area (Å²) in [6.45, 7) is 5.47. The second-order valence-electron chi connectivity index (χ2n) is 6.38. The minimum Gasteiger partial charge on any atom is -0.444 e. The van der Waals surface area contributed by atoms with Crippen LogP contribution in [0.15, 0.2) is 30.3 Å². The van der Waals surface area contributed by atoms with Crippen LogP contribution in [0.2, 0.25) is 0 Å². The molecule has 0 heterocycles. The smallest absolute Gasteiger partial charge is 0.407 e. The van der Waals surface area contributed by atoms with Gasteiger partial charge in [0.1, 0.15) is 11.2 Å². The molecule has 110 valence electrons. The molecule has 1 aliphatic rings. The minimum absolute atomic E-state index is 0.306. The molecule has 1 amide bonds. The third kappa shape index (κ3) is 3.31. The largest absolute Gasteiger partial charge is 0.444 e. The molecule has 0 aromatic heterocycles. The van der Waals surface area contributed by atoms with Crippen molar-refractivity contribution in [3.8, 4) is 0 Å². The van der Waals surface area contributed by atoms with Crippen LogP contribution in [0.1, 0.15) is 45.6 Å². The quantitative estimate of drug-likeness (QED) is 0.873. The van der Waals surface area contributed by atoms with Crippen molar-refractivity contribution in [3.63, 3.8) is 0 Å². The summed E-state index contributed by atoms with van der Waals surface area (Å²) >= 11 is 0. The average molecular weight is 277 g/mol. The Labute approximate surface area is 120 Å². The first-order valence-electron chi connectivity index (χ1n) is 7.09. The molecular formula is C16H23NO3. The molecule has 2 N–H and O–H groups in total. The van der Waals surface area contributed by atoms with E-state index in [2.05, 4.69) is 5.32 Å².